The molecule has 0 aliphatic heterocycles. The number of ether oxygens (including phenoxy) is 1. The topological polar surface area (TPSA) is 41.5 Å². The van der Waals surface area contributed by atoms with Gasteiger partial charge in [-0.3, -0.25) is 0 Å². The number of aliphatic hydroxyl groups excluding tert-OH is 1. The van der Waals surface area contributed by atoms with Crippen molar-refractivity contribution >= 4 is 33.2 Å². The van der Waals surface area contributed by atoms with E-state index < -0.39 is 0 Å². The monoisotopic (exact) mass is 355 g/mol. The van der Waals surface area contributed by atoms with Crippen LogP contribution in [-0.4, -0.2) is 18.8 Å². The van der Waals surface area contributed by atoms with E-state index in [2.05, 4.69) is 21.2 Å². The predicted molar refractivity (Wildman–Crippen MR) is 85.6 cm³/mol. The summed E-state index contributed by atoms with van der Waals surface area (Å²) >= 11 is 9.37. The van der Waals surface area contributed by atoms with Gasteiger partial charge in [0.25, 0.3) is 0 Å². The summed E-state index contributed by atoms with van der Waals surface area (Å²) < 4.78 is 5.99. The van der Waals surface area contributed by atoms with E-state index in [0.717, 1.165) is 21.5 Å². The van der Waals surface area contributed by atoms with Crippen LogP contribution >= 0.6 is 27.5 Å². The van der Waals surface area contributed by atoms with Crippen LogP contribution in [0.1, 0.15) is 11.6 Å². The zero-order valence-electron chi connectivity index (χ0n) is 10.9. The number of anilines is 1. The molecule has 0 saturated heterocycles. The third-order valence-electron chi connectivity index (χ3n) is 2.94. The molecule has 0 aromatic heterocycles. The molecular weight excluding hydrogens is 342 g/mol. The first-order chi connectivity index (χ1) is 9.63. The maximum Gasteiger partial charge on any atom is 0.120 e. The second kappa shape index (κ2) is 6.97. The van der Waals surface area contributed by atoms with Gasteiger partial charge in [-0.05, 0) is 45.8 Å². The summed E-state index contributed by atoms with van der Waals surface area (Å²) in [5.41, 5.74) is 1.83. The Morgan fingerprint density at radius 3 is 2.75 bits per heavy atom. The van der Waals surface area contributed by atoms with Crippen molar-refractivity contribution < 1.29 is 9.84 Å². The summed E-state index contributed by atoms with van der Waals surface area (Å²) in [5.74, 6) is 0.768. The Balaban J connectivity index is 2.21. The van der Waals surface area contributed by atoms with Crippen LogP contribution in [0.15, 0.2) is 46.9 Å². The molecule has 3 nitrogen and oxygen atoms in total. The highest BCUT2D eigenvalue weighted by molar-refractivity contribution is 9.10. The summed E-state index contributed by atoms with van der Waals surface area (Å²) in [7, 11) is 1.62. The maximum atomic E-state index is 9.59. The van der Waals surface area contributed by atoms with Gasteiger partial charge in [0.2, 0.25) is 0 Å². The lowest BCUT2D eigenvalue weighted by Crippen LogP contribution is -2.14. The highest BCUT2D eigenvalue weighted by atomic mass is 79.9. The number of methoxy groups -OCH3 is 1. The molecule has 106 valence electrons. The number of benzene rings is 2. The molecule has 0 saturated carbocycles. The molecule has 1 atom stereocenters. The molecule has 0 fully saturated rings. The summed E-state index contributed by atoms with van der Waals surface area (Å²) in [6.45, 7) is -0.0225. The minimum Gasteiger partial charge on any atom is -0.497 e. The van der Waals surface area contributed by atoms with Gasteiger partial charge in [-0.1, -0.05) is 23.7 Å². The molecule has 0 aliphatic rings. The number of rotatable bonds is 5. The Hall–Kier alpha value is -1.23. The Morgan fingerprint density at radius 2 is 2.10 bits per heavy atom. The summed E-state index contributed by atoms with van der Waals surface area (Å²) in [5, 5.41) is 13.5. The van der Waals surface area contributed by atoms with Gasteiger partial charge in [-0.15, -0.1) is 0 Å². The lowest BCUT2D eigenvalue weighted by atomic mass is 10.1. The molecule has 0 heterocycles. The Bertz CT molecular complexity index is 592. The smallest absolute Gasteiger partial charge is 0.120 e. The fourth-order valence-corrected chi connectivity index (χ4v) is 2.39. The Kier molecular flexibility index (Phi) is 5.29. The average Bonchev–Trinajstić information content (AvgIpc) is 2.48. The highest BCUT2D eigenvalue weighted by Crippen LogP contribution is 2.28. The van der Waals surface area contributed by atoms with E-state index >= 15 is 0 Å². The van der Waals surface area contributed by atoms with E-state index in [4.69, 9.17) is 16.3 Å². The minimum absolute atomic E-state index is 0.0225. The van der Waals surface area contributed by atoms with Crippen LogP contribution in [0.5, 0.6) is 5.75 Å². The molecule has 0 aliphatic carbocycles. The van der Waals surface area contributed by atoms with Crippen LogP contribution in [0, 0.1) is 0 Å². The van der Waals surface area contributed by atoms with Crippen molar-refractivity contribution in [2.75, 3.05) is 19.0 Å². The molecule has 0 radical (unpaired) electrons. The first-order valence-corrected chi connectivity index (χ1v) is 7.27. The summed E-state index contributed by atoms with van der Waals surface area (Å²) in [4.78, 5) is 0. The number of hydrogen-bond acceptors (Lipinski definition) is 3. The molecule has 1 unspecified atom stereocenters. The average molecular weight is 357 g/mol. The van der Waals surface area contributed by atoms with Crippen molar-refractivity contribution in [3.8, 4) is 5.75 Å². The van der Waals surface area contributed by atoms with Gasteiger partial charge in [-0.25, -0.2) is 0 Å². The third-order valence-corrected chi connectivity index (χ3v) is 4.15. The summed E-state index contributed by atoms with van der Waals surface area (Å²) in [6, 6.07) is 13.0. The second-order valence-electron chi connectivity index (χ2n) is 4.28. The van der Waals surface area contributed by atoms with Gasteiger partial charge in [0, 0.05) is 16.2 Å². The molecule has 0 spiro atoms. The molecular formula is C15H15BrClNO2. The normalized spacial score (nSPS) is 12.0. The van der Waals surface area contributed by atoms with E-state index in [1.807, 2.05) is 36.4 Å². The van der Waals surface area contributed by atoms with E-state index in [1.54, 1.807) is 13.2 Å². The molecule has 2 rings (SSSR count). The minimum atomic E-state index is -0.212. The van der Waals surface area contributed by atoms with Crippen LogP contribution in [0.3, 0.4) is 0 Å². The number of hydrogen-bond donors (Lipinski definition) is 2. The Labute approximate surface area is 131 Å². The van der Waals surface area contributed by atoms with Gasteiger partial charge >= 0.3 is 0 Å². The molecule has 2 aromatic carbocycles. The van der Waals surface area contributed by atoms with Crippen LogP contribution in [-0.2, 0) is 0 Å². The number of halogens is 2. The van der Waals surface area contributed by atoms with Gasteiger partial charge in [-0.2, -0.15) is 0 Å². The zero-order valence-corrected chi connectivity index (χ0v) is 13.3. The largest absolute Gasteiger partial charge is 0.497 e. The molecule has 5 heteroatoms. The van der Waals surface area contributed by atoms with Crippen LogP contribution in [0.25, 0.3) is 0 Å². The van der Waals surface area contributed by atoms with Crippen molar-refractivity contribution in [2.45, 2.75) is 6.04 Å². The lowest BCUT2D eigenvalue weighted by Gasteiger charge is -2.19. The molecule has 0 amide bonds. The standard InChI is InChI=1S/C15H15BrClNO2/c1-20-12-4-2-3-11(8-12)18-15(9-19)10-5-6-14(17)13(16)7-10/h2-8,15,18-19H,9H2,1H3. The first kappa shape index (κ1) is 15.2. The van der Waals surface area contributed by atoms with Crippen molar-refractivity contribution in [2.24, 2.45) is 0 Å². The van der Waals surface area contributed by atoms with Crippen LogP contribution in [0.2, 0.25) is 5.02 Å². The second-order valence-corrected chi connectivity index (χ2v) is 5.55. The van der Waals surface area contributed by atoms with Crippen LogP contribution < -0.4 is 10.1 Å². The van der Waals surface area contributed by atoms with Crippen LogP contribution in [0.4, 0.5) is 5.69 Å². The van der Waals surface area contributed by atoms with Gasteiger partial charge < -0.3 is 15.2 Å². The van der Waals surface area contributed by atoms with Gasteiger partial charge in [0.1, 0.15) is 5.75 Å². The van der Waals surface area contributed by atoms with E-state index in [-0.39, 0.29) is 12.6 Å². The highest BCUT2D eigenvalue weighted by Gasteiger charge is 2.12. The molecule has 0 bridgehead atoms. The molecule has 2 N–H and O–H groups in total. The van der Waals surface area contributed by atoms with Crippen molar-refractivity contribution in [3.05, 3.63) is 57.5 Å². The quantitative estimate of drug-likeness (QED) is 0.841. The number of aliphatic hydroxyl groups is 1. The van der Waals surface area contributed by atoms with E-state index in [0.29, 0.717) is 5.02 Å². The van der Waals surface area contributed by atoms with E-state index in [1.165, 1.54) is 0 Å². The zero-order chi connectivity index (χ0) is 14.5. The molecule has 20 heavy (non-hydrogen) atoms. The van der Waals surface area contributed by atoms with Crippen molar-refractivity contribution in [3.63, 3.8) is 0 Å². The predicted octanol–water partition coefficient (Wildman–Crippen LogP) is 4.26. The van der Waals surface area contributed by atoms with E-state index in [9.17, 15) is 5.11 Å². The first-order valence-electron chi connectivity index (χ1n) is 6.10. The SMILES string of the molecule is COc1cccc(NC(CO)c2ccc(Cl)c(Br)c2)c1. The summed E-state index contributed by atoms with van der Waals surface area (Å²) in [6.07, 6.45) is 0. The fraction of sp³-hybridized carbons (Fsp3) is 0.200. The lowest BCUT2D eigenvalue weighted by molar-refractivity contribution is 0.276. The fourth-order valence-electron chi connectivity index (χ4n) is 1.88. The Morgan fingerprint density at radius 1 is 1.30 bits per heavy atom. The number of nitrogens with one attached hydrogen (secondary N) is 1. The van der Waals surface area contributed by atoms with Crippen molar-refractivity contribution in [1.82, 2.24) is 0 Å². The van der Waals surface area contributed by atoms with Gasteiger partial charge in [0.05, 0.1) is 24.8 Å². The van der Waals surface area contributed by atoms with Gasteiger partial charge in [0.15, 0.2) is 0 Å². The maximum absolute atomic E-state index is 9.59. The molecule has 2 aromatic rings. The third kappa shape index (κ3) is 3.66. The van der Waals surface area contributed by atoms with Crippen molar-refractivity contribution in [1.29, 1.82) is 0 Å².